The van der Waals surface area contributed by atoms with E-state index in [4.69, 9.17) is 4.74 Å². The Bertz CT molecular complexity index is 777. The summed E-state index contributed by atoms with van der Waals surface area (Å²) in [6.07, 6.45) is 3.20. The van der Waals surface area contributed by atoms with E-state index in [1.54, 1.807) is 11.3 Å². The van der Waals surface area contributed by atoms with Gasteiger partial charge in [0.1, 0.15) is 4.34 Å². The maximum Gasteiger partial charge on any atom is 0.193 e. The van der Waals surface area contributed by atoms with Gasteiger partial charge < -0.3 is 15.0 Å². The molecule has 9 heteroatoms. The average Bonchev–Trinajstić information content (AvgIpc) is 3.42. The highest BCUT2D eigenvalue weighted by atomic mass is 127. The van der Waals surface area contributed by atoms with Gasteiger partial charge in [0.15, 0.2) is 5.96 Å². The summed E-state index contributed by atoms with van der Waals surface area (Å²) in [6, 6.07) is 11.2. The maximum absolute atomic E-state index is 6.10. The van der Waals surface area contributed by atoms with Gasteiger partial charge in [-0.15, -0.1) is 35.3 Å². The summed E-state index contributed by atoms with van der Waals surface area (Å²) < 4.78 is 7.25. The van der Waals surface area contributed by atoms with E-state index >= 15 is 0 Å². The first-order chi connectivity index (χ1) is 14.3. The summed E-state index contributed by atoms with van der Waals surface area (Å²) in [7, 11) is 1.87. The second-order valence-electron chi connectivity index (χ2n) is 7.31. The van der Waals surface area contributed by atoms with E-state index in [0.717, 1.165) is 61.8 Å². The summed E-state index contributed by atoms with van der Waals surface area (Å²) in [5.41, 5.74) is 1.37. The fourth-order valence-electron chi connectivity index (χ4n) is 3.99. The predicted molar refractivity (Wildman–Crippen MR) is 136 cm³/mol. The van der Waals surface area contributed by atoms with Crippen LogP contribution in [0.3, 0.4) is 0 Å². The molecular weight excluding hydrogens is 529 g/mol. The van der Waals surface area contributed by atoms with E-state index in [1.807, 2.05) is 30.4 Å². The molecule has 0 aliphatic carbocycles. The summed E-state index contributed by atoms with van der Waals surface area (Å²) in [4.78, 5) is 13.8. The van der Waals surface area contributed by atoms with Crippen molar-refractivity contribution in [2.75, 3.05) is 45.6 Å². The highest BCUT2D eigenvalue weighted by molar-refractivity contribution is 14.0. The van der Waals surface area contributed by atoms with Gasteiger partial charge in [0.2, 0.25) is 0 Å². The second-order valence-corrected chi connectivity index (χ2v) is 9.55. The number of nitrogens with zero attached hydrogens (tertiary/aromatic N) is 4. The number of hydrogen-bond donors (Lipinski definition) is 1. The molecule has 1 aromatic heterocycles. The number of likely N-dealkylation sites (tertiary alicyclic amines) is 1. The first-order valence-corrected chi connectivity index (χ1v) is 12.1. The van der Waals surface area contributed by atoms with Gasteiger partial charge in [0.25, 0.3) is 0 Å². The molecule has 3 heterocycles. The van der Waals surface area contributed by atoms with Crippen LogP contribution in [0.25, 0.3) is 0 Å². The molecule has 2 fully saturated rings. The normalized spacial score (nSPS) is 21.9. The number of hydrogen-bond acceptors (Lipinski definition) is 6. The number of rotatable bonds is 7. The van der Waals surface area contributed by atoms with Gasteiger partial charge >= 0.3 is 0 Å². The van der Waals surface area contributed by atoms with Crippen LogP contribution >= 0.6 is 47.1 Å². The summed E-state index contributed by atoms with van der Waals surface area (Å²) in [6.45, 7) is 5.57. The van der Waals surface area contributed by atoms with Crippen molar-refractivity contribution in [2.45, 2.75) is 29.5 Å². The van der Waals surface area contributed by atoms with Crippen LogP contribution in [0.2, 0.25) is 0 Å². The summed E-state index contributed by atoms with van der Waals surface area (Å²) in [5, 5.41) is 5.56. The van der Waals surface area contributed by atoms with Gasteiger partial charge in [-0.2, -0.15) is 0 Å². The lowest BCUT2D eigenvalue weighted by Crippen LogP contribution is -2.50. The number of guanidine groups is 1. The molecule has 2 aromatic rings. The molecule has 2 unspecified atom stereocenters. The number of aromatic nitrogens is 1. The van der Waals surface area contributed by atoms with Crippen molar-refractivity contribution in [2.24, 2.45) is 4.99 Å². The van der Waals surface area contributed by atoms with Crippen molar-refractivity contribution in [3.8, 4) is 0 Å². The lowest BCUT2D eigenvalue weighted by Gasteiger charge is -2.36. The number of aliphatic imine (C=N–C) groups is 1. The van der Waals surface area contributed by atoms with Crippen LogP contribution < -0.4 is 5.32 Å². The molecule has 0 spiro atoms. The van der Waals surface area contributed by atoms with Crippen LogP contribution in [-0.4, -0.2) is 78.5 Å². The molecule has 2 aliphatic rings. The van der Waals surface area contributed by atoms with Crippen LogP contribution in [0.4, 0.5) is 0 Å². The van der Waals surface area contributed by atoms with Gasteiger partial charge in [-0.3, -0.25) is 9.89 Å². The smallest absolute Gasteiger partial charge is 0.193 e. The lowest BCUT2D eigenvalue weighted by molar-refractivity contribution is -0.0502. The highest BCUT2D eigenvalue weighted by Crippen LogP contribution is 2.25. The number of nitrogens with one attached hydrogen (secondary N) is 1. The van der Waals surface area contributed by atoms with Crippen molar-refractivity contribution in [1.82, 2.24) is 20.1 Å². The monoisotopic (exact) mass is 559 g/mol. The lowest BCUT2D eigenvalue weighted by atomic mass is 10.1. The fraction of sp³-hybridized carbons (Fsp3) is 0.524. The van der Waals surface area contributed by atoms with Crippen LogP contribution in [0, 0.1) is 0 Å². The topological polar surface area (TPSA) is 53.0 Å². The van der Waals surface area contributed by atoms with E-state index in [9.17, 15) is 0 Å². The molecular formula is C21H30IN5OS2. The van der Waals surface area contributed by atoms with Crippen molar-refractivity contribution in [1.29, 1.82) is 0 Å². The second kappa shape index (κ2) is 12.2. The number of thioether (sulfide) groups is 1. The van der Waals surface area contributed by atoms with E-state index in [0.29, 0.717) is 6.04 Å². The molecule has 4 rings (SSSR count). The number of ether oxygens (including phenoxy) is 1. The zero-order valence-corrected chi connectivity index (χ0v) is 21.2. The number of morpholine rings is 1. The van der Waals surface area contributed by atoms with Gasteiger partial charge in [-0.1, -0.05) is 42.1 Å². The number of halogens is 1. The van der Waals surface area contributed by atoms with Crippen LogP contribution in [0.1, 0.15) is 12.0 Å². The van der Waals surface area contributed by atoms with E-state index in [2.05, 4.69) is 55.4 Å². The minimum Gasteiger partial charge on any atom is -0.373 e. The van der Waals surface area contributed by atoms with Gasteiger partial charge in [0.05, 0.1) is 18.8 Å². The third-order valence-electron chi connectivity index (χ3n) is 5.40. The van der Waals surface area contributed by atoms with E-state index in [1.165, 1.54) is 5.56 Å². The largest absolute Gasteiger partial charge is 0.373 e. The molecule has 0 radical (unpaired) electrons. The number of thiazole rings is 1. The van der Waals surface area contributed by atoms with Crippen molar-refractivity contribution in [3.63, 3.8) is 0 Å². The molecule has 0 amide bonds. The quantitative estimate of drug-likeness (QED) is 0.185. The number of benzene rings is 1. The SMILES string of the molecule is CN=C(NCCCSc1nccs1)N1CC2OCCN(Cc3ccccc3)C2C1.I. The highest BCUT2D eigenvalue weighted by Gasteiger charge is 2.41. The average molecular weight is 560 g/mol. The molecule has 2 saturated heterocycles. The zero-order chi connectivity index (χ0) is 19.9. The Morgan fingerprint density at radius 3 is 2.97 bits per heavy atom. The van der Waals surface area contributed by atoms with Gasteiger partial charge in [-0.25, -0.2) is 4.98 Å². The minimum absolute atomic E-state index is 0. The van der Waals surface area contributed by atoms with Crippen molar-refractivity contribution in [3.05, 3.63) is 47.5 Å². The molecule has 2 aliphatic heterocycles. The van der Waals surface area contributed by atoms with Crippen LogP contribution in [0.5, 0.6) is 0 Å². The molecule has 30 heavy (non-hydrogen) atoms. The Labute approximate surface area is 204 Å². The molecule has 0 bridgehead atoms. The first kappa shape index (κ1) is 23.8. The van der Waals surface area contributed by atoms with Crippen molar-refractivity contribution < 1.29 is 4.74 Å². The first-order valence-electron chi connectivity index (χ1n) is 10.2. The van der Waals surface area contributed by atoms with Crippen LogP contribution in [-0.2, 0) is 11.3 Å². The molecule has 0 saturated carbocycles. The Balaban J connectivity index is 0.00000256. The predicted octanol–water partition coefficient (Wildman–Crippen LogP) is 3.40. The third-order valence-corrected chi connectivity index (χ3v) is 7.45. The minimum atomic E-state index is 0. The maximum atomic E-state index is 6.10. The van der Waals surface area contributed by atoms with Gasteiger partial charge in [0, 0.05) is 57.1 Å². The molecule has 1 aromatic carbocycles. The molecule has 1 N–H and O–H groups in total. The number of fused-ring (bicyclic) bond motifs is 1. The van der Waals surface area contributed by atoms with E-state index in [-0.39, 0.29) is 30.1 Å². The Morgan fingerprint density at radius 2 is 2.20 bits per heavy atom. The fourth-order valence-corrected chi connectivity index (χ4v) is 5.64. The molecule has 164 valence electrons. The zero-order valence-electron chi connectivity index (χ0n) is 17.3. The van der Waals surface area contributed by atoms with Gasteiger partial charge in [-0.05, 0) is 12.0 Å². The molecule has 2 atom stereocenters. The summed E-state index contributed by atoms with van der Waals surface area (Å²) in [5.74, 6) is 2.05. The standard InChI is InChI=1S/C21H29N5OS2.HI/c1-22-20(23-8-5-12-28-21-24-9-13-29-21)26-15-18-19(16-26)27-11-10-25(18)14-17-6-3-2-4-7-17;/h2-4,6-7,9,13,18-19H,5,8,10-12,14-16H2,1H3,(H,22,23);1H. The Morgan fingerprint density at radius 1 is 1.33 bits per heavy atom. The Kier molecular flexibility index (Phi) is 9.69. The summed E-state index contributed by atoms with van der Waals surface area (Å²) >= 11 is 3.53. The van der Waals surface area contributed by atoms with E-state index < -0.39 is 0 Å². The Hall–Kier alpha value is -0.880. The van der Waals surface area contributed by atoms with Crippen LogP contribution in [0.15, 0.2) is 51.2 Å². The third kappa shape index (κ3) is 6.32. The molecule has 6 nitrogen and oxygen atoms in total. The van der Waals surface area contributed by atoms with Crippen molar-refractivity contribution >= 4 is 53.0 Å².